The summed E-state index contributed by atoms with van der Waals surface area (Å²) < 4.78 is 11.3. The molecular weight excluding hydrogens is 404 g/mol. The van der Waals surface area contributed by atoms with Crippen LogP contribution in [0.15, 0.2) is 24.3 Å². The lowest BCUT2D eigenvalue weighted by Crippen LogP contribution is -2.51. The van der Waals surface area contributed by atoms with Gasteiger partial charge in [-0.15, -0.1) is 0 Å². The van der Waals surface area contributed by atoms with Crippen LogP contribution in [0.2, 0.25) is 0 Å². The molecule has 180 valence electrons. The van der Waals surface area contributed by atoms with Crippen LogP contribution >= 0.6 is 0 Å². The van der Waals surface area contributed by atoms with E-state index in [0.29, 0.717) is 17.7 Å². The predicted molar refractivity (Wildman–Crippen MR) is 129 cm³/mol. The number of nitrogens with two attached hydrogens (primary N) is 1. The summed E-state index contributed by atoms with van der Waals surface area (Å²) in [4.78, 5) is 16.7. The molecule has 7 heteroatoms. The number of carbonyl (C=O) groups is 1. The maximum absolute atomic E-state index is 11.6. The van der Waals surface area contributed by atoms with Crippen LogP contribution in [0.4, 0.5) is 5.69 Å². The Labute approximate surface area is 193 Å². The van der Waals surface area contributed by atoms with Crippen molar-refractivity contribution in [3.63, 3.8) is 0 Å². The lowest BCUT2D eigenvalue weighted by atomic mass is 9.91. The molecule has 0 radical (unpaired) electrons. The molecule has 3 N–H and O–H groups in total. The van der Waals surface area contributed by atoms with Crippen LogP contribution in [0.3, 0.4) is 0 Å². The molecule has 1 aromatic rings. The van der Waals surface area contributed by atoms with Crippen molar-refractivity contribution in [3.05, 3.63) is 29.8 Å². The van der Waals surface area contributed by atoms with Crippen LogP contribution in [-0.4, -0.2) is 69.5 Å². The highest BCUT2D eigenvalue weighted by molar-refractivity contribution is 5.94. The van der Waals surface area contributed by atoms with E-state index in [9.17, 15) is 4.79 Å². The Kier molecular flexibility index (Phi) is 10.8. The van der Waals surface area contributed by atoms with Gasteiger partial charge >= 0.3 is 0 Å². The standard InChI is InChI=1S/C25H42N4O3/c1-31-19-5-3-2-4-6-20-32-24-13-11-23(12-14-24)29-17-15-28(16-18-29)22-9-7-21(8-10-22)25(30)27-26/h7-10,23-24H,2-6,11-20,26H2,1H3,(H,27,30). The molecule has 0 spiro atoms. The summed E-state index contributed by atoms with van der Waals surface area (Å²) in [6, 6.07) is 8.41. The van der Waals surface area contributed by atoms with Crippen LogP contribution in [0.5, 0.6) is 0 Å². The largest absolute Gasteiger partial charge is 0.385 e. The third-order valence-electron chi connectivity index (χ3n) is 6.95. The predicted octanol–water partition coefficient (Wildman–Crippen LogP) is 3.34. The number of unbranched alkanes of at least 4 members (excludes halogenated alkanes) is 4. The number of methoxy groups -OCH3 is 1. The van der Waals surface area contributed by atoms with Gasteiger partial charge in [0, 0.05) is 63.8 Å². The Bertz CT molecular complexity index is 654. The molecule has 1 heterocycles. The number of hydrogen-bond acceptors (Lipinski definition) is 6. The smallest absolute Gasteiger partial charge is 0.265 e. The van der Waals surface area contributed by atoms with Gasteiger partial charge < -0.3 is 14.4 Å². The van der Waals surface area contributed by atoms with E-state index >= 15 is 0 Å². The van der Waals surface area contributed by atoms with E-state index in [1.165, 1.54) is 63.5 Å². The highest BCUT2D eigenvalue weighted by atomic mass is 16.5. The molecule has 1 aliphatic carbocycles. The van der Waals surface area contributed by atoms with Crippen molar-refractivity contribution in [2.45, 2.75) is 69.9 Å². The number of nitrogens with one attached hydrogen (secondary N) is 1. The number of hydrazine groups is 1. The van der Waals surface area contributed by atoms with Gasteiger partial charge in [0.1, 0.15) is 0 Å². The monoisotopic (exact) mass is 446 g/mol. The Morgan fingerprint density at radius 1 is 0.938 bits per heavy atom. The Balaban J connectivity index is 1.28. The fraction of sp³-hybridized carbons (Fsp3) is 0.720. The average Bonchev–Trinajstić information content (AvgIpc) is 2.86. The first-order chi connectivity index (χ1) is 15.7. The Morgan fingerprint density at radius 3 is 2.19 bits per heavy atom. The van der Waals surface area contributed by atoms with Gasteiger partial charge in [-0.25, -0.2) is 5.84 Å². The molecule has 0 aromatic heterocycles. The minimum atomic E-state index is -0.251. The molecule has 0 bridgehead atoms. The quantitative estimate of drug-likeness (QED) is 0.222. The van der Waals surface area contributed by atoms with Gasteiger partial charge in [0.15, 0.2) is 0 Å². The number of piperazine rings is 1. The van der Waals surface area contributed by atoms with E-state index in [2.05, 4.69) is 15.2 Å². The number of benzene rings is 1. The number of hydrogen-bond donors (Lipinski definition) is 2. The number of nitrogen functional groups attached to an aromatic ring is 1. The fourth-order valence-electron chi connectivity index (χ4n) is 4.96. The lowest BCUT2D eigenvalue weighted by molar-refractivity contribution is 0.00473. The van der Waals surface area contributed by atoms with Crippen molar-refractivity contribution in [2.24, 2.45) is 5.84 Å². The summed E-state index contributed by atoms with van der Waals surface area (Å²) in [6.07, 6.45) is 11.6. The molecule has 0 unspecified atom stereocenters. The second-order valence-electron chi connectivity index (χ2n) is 9.11. The first-order valence-electron chi connectivity index (χ1n) is 12.4. The third kappa shape index (κ3) is 7.73. The van der Waals surface area contributed by atoms with Crippen molar-refractivity contribution in [3.8, 4) is 0 Å². The van der Waals surface area contributed by atoms with Gasteiger partial charge in [-0.1, -0.05) is 19.3 Å². The summed E-state index contributed by atoms with van der Waals surface area (Å²) >= 11 is 0. The van der Waals surface area contributed by atoms with Gasteiger partial charge in [0.05, 0.1) is 6.10 Å². The van der Waals surface area contributed by atoms with Gasteiger partial charge in [-0.3, -0.25) is 15.1 Å². The number of rotatable bonds is 12. The van der Waals surface area contributed by atoms with Gasteiger partial charge in [-0.05, 0) is 62.8 Å². The second-order valence-corrected chi connectivity index (χ2v) is 9.11. The van der Waals surface area contributed by atoms with Crippen LogP contribution < -0.4 is 16.2 Å². The summed E-state index contributed by atoms with van der Waals surface area (Å²) in [5.41, 5.74) is 3.95. The van der Waals surface area contributed by atoms with Crippen molar-refractivity contribution in [2.75, 3.05) is 51.4 Å². The molecule has 3 rings (SSSR count). The van der Waals surface area contributed by atoms with Crippen LogP contribution in [-0.2, 0) is 9.47 Å². The summed E-state index contributed by atoms with van der Waals surface area (Å²) in [5, 5.41) is 0. The van der Waals surface area contributed by atoms with E-state index in [1.807, 2.05) is 24.3 Å². The zero-order valence-corrected chi connectivity index (χ0v) is 19.8. The first-order valence-corrected chi connectivity index (χ1v) is 12.4. The minimum absolute atomic E-state index is 0.251. The van der Waals surface area contributed by atoms with Crippen molar-refractivity contribution >= 4 is 11.6 Å². The van der Waals surface area contributed by atoms with E-state index in [0.717, 1.165) is 39.4 Å². The molecule has 2 fully saturated rings. The maximum Gasteiger partial charge on any atom is 0.265 e. The SMILES string of the molecule is COCCCCCCCOC1CCC(N2CCN(c3ccc(C(=O)NN)cc3)CC2)CC1. The number of ether oxygens (including phenoxy) is 2. The fourth-order valence-corrected chi connectivity index (χ4v) is 4.96. The molecule has 2 aliphatic rings. The molecule has 1 saturated heterocycles. The molecule has 32 heavy (non-hydrogen) atoms. The molecule has 1 aliphatic heterocycles. The number of anilines is 1. The van der Waals surface area contributed by atoms with E-state index < -0.39 is 0 Å². The average molecular weight is 447 g/mol. The molecule has 7 nitrogen and oxygen atoms in total. The summed E-state index contributed by atoms with van der Waals surface area (Å²) in [7, 11) is 1.77. The summed E-state index contributed by atoms with van der Waals surface area (Å²) in [5.74, 6) is 4.96. The topological polar surface area (TPSA) is 80.1 Å². The zero-order chi connectivity index (χ0) is 22.6. The molecule has 1 saturated carbocycles. The van der Waals surface area contributed by atoms with Gasteiger partial charge in [-0.2, -0.15) is 0 Å². The second kappa shape index (κ2) is 13.8. The minimum Gasteiger partial charge on any atom is -0.385 e. The molecule has 0 atom stereocenters. The normalized spacial score (nSPS) is 22.1. The van der Waals surface area contributed by atoms with Crippen molar-refractivity contribution < 1.29 is 14.3 Å². The van der Waals surface area contributed by atoms with E-state index in [1.54, 1.807) is 7.11 Å². The van der Waals surface area contributed by atoms with Crippen molar-refractivity contribution in [1.29, 1.82) is 0 Å². The highest BCUT2D eigenvalue weighted by Crippen LogP contribution is 2.27. The number of nitrogens with zero attached hydrogens (tertiary/aromatic N) is 2. The highest BCUT2D eigenvalue weighted by Gasteiger charge is 2.28. The van der Waals surface area contributed by atoms with Crippen LogP contribution in [0.1, 0.15) is 68.1 Å². The molecular formula is C25H42N4O3. The first kappa shape index (κ1) is 25.0. The Hall–Kier alpha value is -1.67. The van der Waals surface area contributed by atoms with Crippen LogP contribution in [0.25, 0.3) is 0 Å². The Morgan fingerprint density at radius 2 is 1.56 bits per heavy atom. The van der Waals surface area contributed by atoms with Crippen molar-refractivity contribution in [1.82, 2.24) is 10.3 Å². The summed E-state index contributed by atoms with van der Waals surface area (Å²) in [6.45, 7) is 6.07. The zero-order valence-electron chi connectivity index (χ0n) is 19.8. The lowest BCUT2D eigenvalue weighted by Gasteiger charge is -2.42. The molecule has 1 amide bonds. The number of carbonyl (C=O) groups excluding carboxylic acids is 1. The van der Waals surface area contributed by atoms with Gasteiger partial charge in [0.25, 0.3) is 5.91 Å². The third-order valence-corrected chi connectivity index (χ3v) is 6.95. The van der Waals surface area contributed by atoms with E-state index in [-0.39, 0.29) is 5.91 Å². The van der Waals surface area contributed by atoms with E-state index in [4.69, 9.17) is 15.3 Å². The molecule has 1 aromatic carbocycles. The number of amides is 1. The maximum atomic E-state index is 11.6. The van der Waals surface area contributed by atoms with Gasteiger partial charge in [0.2, 0.25) is 0 Å². The van der Waals surface area contributed by atoms with Crippen LogP contribution in [0, 0.1) is 0 Å².